The molecule has 0 spiro atoms. The van der Waals surface area contributed by atoms with Gasteiger partial charge in [-0.3, -0.25) is 0 Å². The van der Waals surface area contributed by atoms with E-state index >= 15 is 0 Å². The van der Waals surface area contributed by atoms with Gasteiger partial charge in [0, 0.05) is 37.3 Å². The van der Waals surface area contributed by atoms with Crippen molar-refractivity contribution in [2.24, 2.45) is 0 Å². The number of halogens is 1. The first kappa shape index (κ1) is 17.2. The van der Waals surface area contributed by atoms with E-state index in [0.29, 0.717) is 6.42 Å². The van der Waals surface area contributed by atoms with Gasteiger partial charge in [0.1, 0.15) is 17.2 Å². The van der Waals surface area contributed by atoms with E-state index in [4.69, 9.17) is 0 Å². The molecule has 0 atom stereocenters. The molecule has 114 valence electrons. The highest BCUT2D eigenvalue weighted by Crippen LogP contribution is 2.24. The number of aromatic nitrogens is 2. The summed E-state index contributed by atoms with van der Waals surface area (Å²) in [6.07, 6.45) is 6.74. The molecule has 0 aliphatic rings. The monoisotopic (exact) mass is 308 g/mol. The highest BCUT2D eigenvalue weighted by molar-refractivity contribution is 7.97. The third-order valence-electron chi connectivity index (χ3n) is 2.58. The van der Waals surface area contributed by atoms with Gasteiger partial charge in [0.25, 0.3) is 0 Å². The SMILES string of the molecule is C=C/C(=C\C=C(\F)CC)N(C)Sc1cc(NCC)ncn1. The topological polar surface area (TPSA) is 41.0 Å². The van der Waals surface area contributed by atoms with Crippen LogP contribution in [0.2, 0.25) is 0 Å². The predicted molar refractivity (Wildman–Crippen MR) is 87.6 cm³/mol. The van der Waals surface area contributed by atoms with Crippen molar-refractivity contribution in [1.29, 1.82) is 0 Å². The van der Waals surface area contributed by atoms with E-state index in [1.54, 1.807) is 19.1 Å². The van der Waals surface area contributed by atoms with Gasteiger partial charge in [0.2, 0.25) is 0 Å². The first-order valence-electron chi connectivity index (χ1n) is 6.77. The van der Waals surface area contributed by atoms with Crippen LogP contribution in [-0.4, -0.2) is 27.9 Å². The van der Waals surface area contributed by atoms with E-state index in [2.05, 4.69) is 21.9 Å². The Hall–Kier alpha value is -1.82. The molecule has 0 aliphatic heterocycles. The summed E-state index contributed by atoms with van der Waals surface area (Å²) in [6.45, 7) is 8.34. The summed E-state index contributed by atoms with van der Waals surface area (Å²) in [7, 11) is 1.88. The van der Waals surface area contributed by atoms with Gasteiger partial charge in [0.05, 0.1) is 5.83 Å². The molecule has 4 nitrogen and oxygen atoms in total. The van der Waals surface area contributed by atoms with E-state index in [-0.39, 0.29) is 5.83 Å². The Morgan fingerprint density at radius 2 is 2.19 bits per heavy atom. The van der Waals surface area contributed by atoms with Crippen molar-refractivity contribution in [2.75, 3.05) is 18.9 Å². The zero-order valence-electron chi connectivity index (χ0n) is 12.6. The molecule has 21 heavy (non-hydrogen) atoms. The van der Waals surface area contributed by atoms with Crippen LogP contribution in [0.25, 0.3) is 0 Å². The van der Waals surface area contributed by atoms with Gasteiger partial charge in [-0.2, -0.15) is 0 Å². The Bertz CT molecular complexity index is 528. The zero-order valence-corrected chi connectivity index (χ0v) is 13.5. The molecule has 0 amide bonds. The maximum Gasteiger partial charge on any atom is 0.130 e. The van der Waals surface area contributed by atoms with Crippen molar-refractivity contribution < 1.29 is 4.39 Å². The summed E-state index contributed by atoms with van der Waals surface area (Å²) < 4.78 is 15.1. The molecule has 1 N–H and O–H groups in total. The van der Waals surface area contributed by atoms with Crippen LogP contribution in [0, 0.1) is 0 Å². The number of allylic oxidation sites excluding steroid dienone is 4. The molecule has 0 saturated carbocycles. The molecule has 0 radical (unpaired) electrons. The van der Waals surface area contributed by atoms with Crippen molar-refractivity contribution >= 4 is 17.8 Å². The van der Waals surface area contributed by atoms with Crippen LogP contribution in [0.1, 0.15) is 20.3 Å². The molecule has 0 fully saturated rings. The molecule has 0 saturated heterocycles. The summed E-state index contributed by atoms with van der Waals surface area (Å²) in [5.41, 5.74) is 0.798. The molecule has 0 bridgehead atoms. The largest absolute Gasteiger partial charge is 0.370 e. The van der Waals surface area contributed by atoms with E-state index in [0.717, 1.165) is 23.1 Å². The highest BCUT2D eigenvalue weighted by Gasteiger charge is 2.06. The number of hydrogen-bond donors (Lipinski definition) is 1. The molecule has 0 unspecified atom stereocenters. The Labute approximate surface area is 130 Å². The second-order valence-corrected chi connectivity index (χ2v) is 5.27. The molecule has 1 aromatic rings. The lowest BCUT2D eigenvalue weighted by Crippen LogP contribution is -2.07. The predicted octanol–water partition coefficient (Wildman–Crippen LogP) is 4.18. The second-order valence-electron chi connectivity index (χ2n) is 4.12. The van der Waals surface area contributed by atoms with Gasteiger partial charge in [-0.25, -0.2) is 14.4 Å². The average molecular weight is 308 g/mol. The van der Waals surface area contributed by atoms with Crippen LogP contribution in [0.4, 0.5) is 10.2 Å². The van der Waals surface area contributed by atoms with E-state index in [1.165, 1.54) is 24.4 Å². The minimum Gasteiger partial charge on any atom is -0.370 e. The number of hydrogen-bond acceptors (Lipinski definition) is 5. The molecule has 1 rings (SSSR count). The van der Waals surface area contributed by atoms with Gasteiger partial charge < -0.3 is 9.62 Å². The quantitative estimate of drug-likeness (QED) is 0.443. The van der Waals surface area contributed by atoms with E-state index in [1.807, 2.05) is 24.3 Å². The zero-order chi connectivity index (χ0) is 15.7. The molecule has 1 aromatic heterocycles. The van der Waals surface area contributed by atoms with E-state index < -0.39 is 0 Å². The Kier molecular flexibility index (Phi) is 7.53. The van der Waals surface area contributed by atoms with Gasteiger partial charge >= 0.3 is 0 Å². The third kappa shape index (κ3) is 5.99. The van der Waals surface area contributed by atoms with E-state index in [9.17, 15) is 4.39 Å². The highest BCUT2D eigenvalue weighted by atomic mass is 32.2. The molecular weight excluding hydrogens is 287 g/mol. The van der Waals surface area contributed by atoms with Crippen LogP contribution in [-0.2, 0) is 0 Å². The lowest BCUT2D eigenvalue weighted by atomic mass is 10.3. The van der Waals surface area contributed by atoms with Crippen molar-refractivity contribution in [1.82, 2.24) is 14.3 Å². The lowest BCUT2D eigenvalue weighted by Gasteiger charge is -2.18. The van der Waals surface area contributed by atoms with Crippen LogP contribution < -0.4 is 5.32 Å². The average Bonchev–Trinajstić information content (AvgIpc) is 2.48. The minimum absolute atomic E-state index is 0.163. The van der Waals surface area contributed by atoms with Gasteiger partial charge in [-0.15, -0.1) is 0 Å². The first-order valence-corrected chi connectivity index (χ1v) is 7.54. The molecule has 0 aliphatic carbocycles. The standard InChI is InChI=1S/C15H21FN4S/c1-5-12(16)8-9-13(6-2)20(4)21-15-10-14(17-7-3)18-11-19-15/h6,8-11H,2,5,7H2,1,3-4H3,(H,17,18,19)/b12-8+,13-9+. The summed E-state index contributed by atoms with van der Waals surface area (Å²) >= 11 is 1.43. The Morgan fingerprint density at radius 3 is 2.81 bits per heavy atom. The van der Waals surface area contributed by atoms with Crippen molar-refractivity contribution in [3.05, 3.63) is 48.7 Å². The van der Waals surface area contributed by atoms with Crippen LogP contribution in [0.15, 0.2) is 53.8 Å². The molecule has 0 aromatic carbocycles. The Morgan fingerprint density at radius 1 is 1.43 bits per heavy atom. The van der Waals surface area contributed by atoms with Crippen molar-refractivity contribution in [2.45, 2.75) is 25.3 Å². The summed E-state index contributed by atoms with van der Waals surface area (Å²) in [5, 5.41) is 3.94. The van der Waals surface area contributed by atoms with Gasteiger partial charge in [-0.1, -0.05) is 13.5 Å². The Balaban J connectivity index is 2.80. The fraction of sp³-hybridized carbons (Fsp3) is 0.333. The van der Waals surface area contributed by atoms with Crippen LogP contribution >= 0.6 is 11.9 Å². The molecular formula is C15H21FN4S. The first-order chi connectivity index (χ1) is 10.1. The number of likely N-dealkylation sites (N-methyl/N-ethyl adjacent to an activating group) is 1. The number of anilines is 1. The number of rotatable bonds is 8. The lowest BCUT2D eigenvalue weighted by molar-refractivity contribution is 0.604. The summed E-state index contributed by atoms with van der Waals surface area (Å²) in [6, 6.07) is 1.87. The molecule has 6 heteroatoms. The smallest absolute Gasteiger partial charge is 0.130 e. The second kappa shape index (κ2) is 9.18. The number of nitrogens with one attached hydrogen (secondary N) is 1. The normalized spacial score (nSPS) is 12.2. The number of nitrogens with zero attached hydrogens (tertiary/aromatic N) is 3. The van der Waals surface area contributed by atoms with Gasteiger partial charge in [-0.05, 0) is 31.6 Å². The fourth-order valence-electron chi connectivity index (χ4n) is 1.46. The maximum atomic E-state index is 13.2. The van der Waals surface area contributed by atoms with Crippen LogP contribution in [0.3, 0.4) is 0 Å². The van der Waals surface area contributed by atoms with Crippen molar-refractivity contribution in [3.8, 4) is 0 Å². The minimum atomic E-state index is -0.163. The maximum absolute atomic E-state index is 13.2. The molecule has 1 heterocycles. The van der Waals surface area contributed by atoms with Crippen molar-refractivity contribution in [3.63, 3.8) is 0 Å². The van der Waals surface area contributed by atoms with Gasteiger partial charge in [0.15, 0.2) is 0 Å². The van der Waals surface area contributed by atoms with Crippen LogP contribution in [0.5, 0.6) is 0 Å². The summed E-state index contributed by atoms with van der Waals surface area (Å²) in [4.78, 5) is 8.33. The summed E-state index contributed by atoms with van der Waals surface area (Å²) in [5.74, 6) is 0.619. The fourth-order valence-corrected chi connectivity index (χ4v) is 2.24. The third-order valence-corrected chi connectivity index (χ3v) is 3.47.